The molecular formula is C26H29N5O4S. The van der Waals surface area contributed by atoms with E-state index in [1.807, 2.05) is 24.5 Å². The third-order valence-corrected chi connectivity index (χ3v) is 5.95. The fraction of sp³-hybridized carbons (Fsp3) is 0.269. The van der Waals surface area contributed by atoms with Crippen molar-refractivity contribution in [2.24, 2.45) is 0 Å². The summed E-state index contributed by atoms with van der Waals surface area (Å²) in [7, 11) is 0. The molecule has 0 fully saturated rings. The van der Waals surface area contributed by atoms with Gasteiger partial charge in [0.1, 0.15) is 0 Å². The number of amides is 2. The average Bonchev–Trinajstić information content (AvgIpc) is 3.29. The summed E-state index contributed by atoms with van der Waals surface area (Å²) in [6, 6.07) is 15.1. The van der Waals surface area contributed by atoms with E-state index >= 15 is 0 Å². The molecule has 3 aromatic rings. The van der Waals surface area contributed by atoms with Crippen LogP contribution in [0.1, 0.15) is 52.9 Å². The van der Waals surface area contributed by atoms with Crippen molar-refractivity contribution in [2.75, 3.05) is 17.7 Å². The van der Waals surface area contributed by atoms with Crippen LogP contribution in [0.3, 0.4) is 0 Å². The van der Waals surface area contributed by atoms with Gasteiger partial charge in [-0.05, 0) is 43.7 Å². The molecule has 10 heteroatoms. The predicted molar refractivity (Wildman–Crippen MR) is 139 cm³/mol. The Morgan fingerprint density at radius 2 is 1.86 bits per heavy atom. The highest BCUT2D eigenvalue weighted by Gasteiger charge is 2.20. The molecule has 1 aromatic heterocycles. The Morgan fingerprint density at radius 1 is 1.11 bits per heavy atom. The lowest BCUT2D eigenvalue weighted by molar-refractivity contribution is -0.113. The molecule has 188 valence electrons. The van der Waals surface area contributed by atoms with E-state index in [9.17, 15) is 14.4 Å². The maximum Gasteiger partial charge on any atom is 0.338 e. The lowest BCUT2D eigenvalue weighted by Gasteiger charge is -2.15. The van der Waals surface area contributed by atoms with Gasteiger partial charge in [-0.2, -0.15) is 0 Å². The summed E-state index contributed by atoms with van der Waals surface area (Å²) in [6.07, 6.45) is 2.43. The van der Waals surface area contributed by atoms with Crippen molar-refractivity contribution < 1.29 is 19.1 Å². The molecule has 0 radical (unpaired) electrons. The summed E-state index contributed by atoms with van der Waals surface area (Å²) in [5.74, 6) is -0.282. The van der Waals surface area contributed by atoms with Gasteiger partial charge in [0, 0.05) is 17.8 Å². The zero-order valence-electron chi connectivity index (χ0n) is 20.3. The number of nitrogens with zero attached hydrogens (tertiary/aromatic N) is 3. The van der Waals surface area contributed by atoms with Gasteiger partial charge in [-0.15, -0.1) is 16.8 Å². The first-order valence-electron chi connectivity index (χ1n) is 11.5. The highest BCUT2D eigenvalue weighted by atomic mass is 32.2. The Morgan fingerprint density at radius 3 is 2.58 bits per heavy atom. The lowest BCUT2D eigenvalue weighted by atomic mass is 10.2. The van der Waals surface area contributed by atoms with Crippen molar-refractivity contribution in [1.82, 2.24) is 20.1 Å². The number of ether oxygens (including phenoxy) is 1. The number of aromatic nitrogens is 3. The van der Waals surface area contributed by atoms with Crippen LogP contribution < -0.4 is 10.6 Å². The minimum Gasteiger partial charge on any atom is -0.462 e. The summed E-state index contributed by atoms with van der Waals surface area (Å²) in [4.78, 5) is 37.2. The number of carbonyl (C=O) groups excluding carboxylic acids is 3. The van der Waals surface area contributed by atoms with Crippen LogP contribution >= 0.6 is 11.8 Å². The van der Waals surface area contributed by atoms with E-state index in [4.69, 9.17) is 4.74 Å². The van der Waals surface area contributed by atoms with Crippen LogP contribution in [-0.4, -0.2) is 44.9 Å². The number of hydrogen-bond acceptors (Lipinski definition) is 7. The van der Waals surface area contributed by atoms with Crippen molar-refractivity contribution in [3.63, 3.8) is 0 Å². The van der Waals surface area contributed by atoms with Crippen LogP contribution in [0.4, 0.5) is 5.69 Å². The summed E-state index contributed by atoms with van der Waals surface area (Å²) >= 11 is 1.21. The predicted octanol–water partition coefficient (Wildman–Crippen LogP) is 4.25. The summed E-state index contributed by atoms with van der Waals surface area (Å²) < 4.78 is 6.95. The molecule has 0 unspecified atom stereocenters. The fourth-order valence-corrected chi connectivity index (χ4v) is 4.05. The minimum atomic E-state index is -0.430. The molecule has 2 N–H and O–H groups in total. The molecule has 2 amide bonds. The van der Waals surface area contributed by atoms with E-state index in [1.165, 1.54) is 11.8 Å². The van der Waals surface area contributed by atoms with Crippen molar-refractivity contribution in [2.45, 2.75) is 38.0 Å². The Labute approximate surface area is 214 Å². The molecule has 9 nitrogen and oxygen atoms in total. The zero-order valence-corrected chi connectivity index (χ0v) is 21.1. The molecule has 0 bridgehead atoms. The summed E-state index contributed by atoms with van der Waals surface area (Å²) in [5, 5.41) is 14.7. The highest BCUT2D eigenvalue weighted by molar-refractivity contribution is 7.99. The van der Waals surface area contributed by atoms with E-state index in [0.717, 1.165) is 6.42 Å². The number of benzene rings is 2. The number of thioether (sulfide) groups is 1. The van der Waals surface area contributed by atoms with Crippen LogP contribution in [-0.2, 0) is 16.1 Å². The molecule has 0 saturated carbocycles. The second kappa shape index (κ2) is 13.2. The van der Waals surface area contributed by atoms with Crippen molar-refractivity contribution >= 4 is 35.2 Å². The molecule has 2 aromatic carbocycles. The second-order valence-corrected chi connectivity index (χ2v) is 8.80. The van der Waals surface area contributed by atoms with Gasteiger partial charge in [-0.1, -0.05) is 49.0 Å². The van der Waals surface area contributed by atoms with Crippen LogP contribution in [0, 0.1) is 0 Å². The van der Waals surface area contributed by atoms with Gasteiger partial charge in [-0.3, -0.25) is 9.59 Å². The molecule has 1 atom stereocenters. The molecule has 0 aliphatic rings. The third-order valence-electron chi connectivity index (χ3n) is 4.98. The molecule has 36 heavy (non-hydrogen) atoms. The molecular weight excluding hydrogens is 478 g/mol. The first-order valence-corrected chi connectivity index (χ1v) is 12.5. The van der Waals surface area contributed by atoms with Crippen LogP contribution in [0.2, 0.25) is 0 Å². The minimum absolute atomic E-state index is 0.0739. The van der Waals surface area contributed by atoms with E-state index in [0.29, 0.717) is 40.9 Å². The third kappa shape index (κ3) is 7.29. The second-order valence-electron chi connectivity index (χ2n) is 7.85. The number of anilines is 1. The monoisotopic (exact) mass is 507 g/mol. The zero-order chi connectivity index (χ0) is 25.9. The number of rotatable bonds is 12. The summed E-state index contributed by atoms with van der Waals surface area (Å²) in [5.41, 5.74) is 1.42. The van der Waals surface area contributed by atoms with Crippen molar-refractivity contribution in [3.05, 3.63) is 84.2 Å². The SMILES string of the molecule is C=CCn1c(SCC(=O)Nc2cccc(C(=O)OCCC)c2)nnc1[C@H](C)NC(=O)c1ccccc1. The van der Waals surface area contributed by atoms with Gasteiger partial charge in [0.05, 0.1) is 24.0 Å². The van der Waals surface area contributed by atoms with Gasteiger partial charge < -0.3 is 19.9 Å². The van der Waals surface area contributed by atoms with Crippen molar-refractivity contribution in [1.29, 1.82) is 0 Å². The Kier molecular flexibility index (Phi) is 9.82. The number of allylic oxidation sites excluding steroid dienone is 1. The number of nitrogens with one attached hydrogen (secondary N) is 2. The number of hydrogen-bond donors (Lipinski definition) is 2. The van der Waals surface area contributed by atoms with Gasteiger partial charge in [-0.25, -0.2) is 4.79 Å². The van der Waals surface area contributed by atoms with Gasteiger partial charge >= 0.3 is 5.97 Å². The molecule has 1 heterocycles. The highest BCUT2D eigenvalue weighted by Crippen LogP contribution is 2.22. The Bertz CT molecular complexity index is 1210. The molecule has 3 rings (SSSR count). The maximum absolute atomic E-state index is 12.6. The Balaban J connectivity index is 1.62. The topological polar surface area (TPSA) is 115 Å². The van der Waals surface area contributed by atoms with Crippen LogP contribution in [0.5, 0.6) is 0 Å². The van der Waals surface area contributed by atoms with Gasteiger partial charge in [0.15, 0.2) is 11.0 Å². The quantitative estimate of drug-likeness (QED) is 0.214. The average molecular weight is 508 g/mol. The number of esters is 1. The number of carbonyl (C=O) groups is 3. The van der Waals surface area contributed by atoms with E-state index in [1.54, 1.807) is 54.6 Å². The fourth-order valence-electron chi connectivity index (χ4n) is 3.29. The van der Waals surface area contributed by atoms with Crippen LogP contribution in [0.25, 0.3) is 0 Å². The Hall–Kier alpha value is -3.92. The lowest BCUT2D eigenvalue weighted by Crippen LogP contribution is -2.28. The van der Waals surface area contributed by atoms with Gasteiger partial charge in [0.2, 0.25) is 5.91 Å². The molecule has 0 aliphatic heterocycles. The largest absolute Gasteiger partial charge is 0.462 e. The maximum atomic E-state index is 12.6. The molecule has 0 aliphatic carbocycles. The van der Waals surface area contributed by atoms with Gasteiger partial charge in [0.25, 0.3) is 5.91 Å². The van der Waals surface area contributed by atoms with Crippen LogP contribution in [0.15, 0.2) is 72.4 Å². The van der Waals surface area contributed by atoms with Crippen molar-refractivity contribution in [3.8, 4) is 0 Å². The van der Waals surface area contributed by atoms with E-state index in [2.05, 4.69) is 27.4 Å². The smallest absolute Gasteiger partial charge is 0.338 e. The first-order chi connectivity index (χ1) is 17.4. The normalized spacial score (nSPS) is 11.4. The van der Waals surface area contributed by atoms with E-state index in [-0.39, 0.29) is 17.6 Å². The summed E-state index contributed by atoms with van der Waals surface area (Å²) in [6.45, 7) is 8.29. The van der Waals surface area contributed by atoms with E-state index < -0.39 is 12.0 Å². The first kappa shape index (κ1) is 26.7. The molecule has 0 spiro atoms. The standard InChI is InChI=1S/C26H29N5O4S/c1-4-14-31-23(18(3)27-24(33)19-10-7-6-8-11-19)29-30-26(31)36-17-22(32)28-21-13-9-12-20(16-21)25(34)35-15-5-2/h4,6-13,16,18H,1,5,14-15,17H2,2-3H3,(H,27,33)(H,28,32)/t18-/m0/s1. The molecule has 0 saturated heterocycles.